The van der Waals surface area contributed by atoms with E-state index < -0.39 is 11.7 Å². The number of carbonyl (C=O) groups is 1. The third kappa shape index (κ3) is 6.88. The molecule has 0 aromatic heterocycles. The number of carbonyl (C=O) groups excluding carboxylic acids is 1. The van der Waals surface area contributed by atoms with E-state index >= 15 is 0 Å². The largest absolute Gasteiger partial charge is 0.492 e. The molecule has 2 aromatic carbocycles. The van der Waals surface area contributed by atoms with Gasteiger partial charge in [-0.25, -0.2) is 4.39 Å². The minimum absolute atomic E-state index is 0.228. The van der Waals surface area contributed by atoms with Crippen LogP contribution in [-0.2, 0) is 4.74 Å². The van der Waals surface area contributed by atoms with Gasteiger partial charge in [-0.2, -0.15) is 0 Å². The number of hydrogen-bond acceptors (Lipinski definition) is 6. The number of likely N-dealkylation sites (tertiary alicyclic amines) is 1. The van der Waals surface area contributed by atoms with Gasteiger partial charge in [0.2, 0.25) is 0 Å². The highest BCUT2D eigenvalue weighted by molar-refractivity contribution is 9.12. The number of nitrogens with zero attached hydrogens (tertiary/aromatic N) is 2. The highest BCUT2D eigenvalue weighted by Gasteiger charge is 2.19. The maximum absolute atomic E-state index is 13.5. The Morgan fingerprint density at radius 3 is 2.71 bits per heavy atom. The van der Waals surface area contributed by atoms with Crippen molar-refractivity contribution in [3.05, 3.63) is 70.1 Å². The Kier molecular flexibility index (Phi) is 9.62. The highest BCUT2D eigenvalue weighted by atomic mass is 79.9. The maximum Gasteiger partial charge on any atom is 0.255 e. The van der Waals surface area contributed by atoms with Gasteiger partial charge in [-0.05, 0) is 65.2 Å². The van der Waals surface area contributed by atoms with Crippen LogP contribution in [0.25, 0.3) is 0 Å². The smallest absolute Gasteiger partial charge is 0.255 e. The molecule has 1 fully saturated rings. The maximum atomic E-state index is 13.5. The zero-order valence-corrected chi connectivity index (χ0v) is 21.0. The Morgan fingerprint density at radius 2 is 2.06 bits per heavy atom. The number of amides is 1. The summed E-state index contributed by atoms with van der Waals surface area (Å²) in [5.41, 5.74) is 7.72. The lowest BCUT2D eigenvalue weighted by Gasteiger charge is -2.31. The summed E-state index contributed by atoms with van der Waals surface area (Å²) in [6.07, 6.45) is 3.78. The SMILES string of the molecule is CN=C(C(Br)=CN)c1cc(NC(=O)c2cccc(F)c2)ccc1OCCN1CCC(OC)CC1. The van der Waals surface area contributed by atoms with E-state index in [1.807, 2.05) is 0 Å². The summed E-state index contributed by atoms with van der Waals surface area (Å²) in [6.45, 7) is 3.24. The van der Waals surface area contributed by atoms with Crippen molar-refractivity contribution in [2.24, 2.45) is 10.7 Å². The van der Waals surface area contributed by atoms with Crippen LogP contribution in [0.2, 0.25) is 0 Å². The van der Waals surface area contributed by atoms with Crippen LogP contribution < -0.4 is 15.8 Å². The molecule has 182 valence electrons. The van der Waals surface area contributed by atoms with Crippen molar-refractivity contribution in [2.75, 3.05) is 45.7 Å². The highest BCUT2D eigenvalue weighted by Crippen LogP contribution is 2.28. The predicted molar refractivity (Wildman–Crippen MR) is 136 cm³/mol. The standard InChI is InChI=1S/C25H30BrFN4O3/c1-29-24(22(26)16-28)21-15-19(30-25(32)17-4-3-5-18(27)14-17)6-7-23(21)34-13-12-31-10-8-20(33-2)9-11-31/h3-7,14-16,20H,8-13,28H2,1-2H3,(H,30,32). The zero-order valence-electron chi connectivity index (χ0n) is 19.4. The molecule has 0 unspecified atom stereocenters. The third-order valence-corrected chi connectivity index (χ3v) is 6.35. The summed E-state index contributed by atoms with van der Waals surface area (Å²) in [4.78, 5) is 19.3. The van der Waals surface area contributed by atoms with Crippen molar-refractivity contribution in [1.29, 1.82) is 0 Å². The van der Waals surface area contributed by atoms with Gasteiger partial charge >= 0.3 is 0 Å². The van der Waals surface area contributed by atoms with Gasteiger partial charge < -0.3 is 20.5 Å². The number of hydrogen-bond donors (Lipinski definition) is 2. The van der Waals surface area contributed by atoms with Crippen LogP contribution in [0.3, 0.4) is 0 Å². The summed E-state index contributed by atoms with van der Waals surface area (Å²) in [5.74, 6) is -0.266. The molecule has 3 N–H and O–H groups in total. The van der Waals surface area contributed by atoms with Crippen molar-refractivity contribution in [3.63, 3.8) is 0 Å². The molecule has 1 heterocycles. The molecule has 7 nitrogen and oxygen atoms in total. The Labute approximate surface area is 208 Å². The zero-order chi connectivity index (χ0) is 24.5. The minimum Gasteiger partial charge on any atom is -0.492 e. The van der Waals surface area contributed by atoms with Gasteiger partial charge in [0.05, 0.1) is 16.3 Å². The molecule has 34 heavy (non-hydrogen) atoms. The lowest BCUT2D eigenvalue weighted by Crippen LogP contribution is -2.38. The minimum atomic E-state index is -0.471. The molecule has 0 atom stereocenters. The van der Waals surface area contributed by atoms with Crippen LogP contribution in [0.1, 0.15) is 28.8 Å². The first-order valence-corrected chi connectivity index (χ1v) is 11.9. The number of methoxy groups -OCH3 is 1. The average Bonchev–Trinajstić information content (AvgIpc) is 2.86. The van der Waals surface area contributed by atoms with Gasteiger partial charge in [-0.1, -0.05) is 6.07 Å². The molecule has 0 radical (unpaired) electrons. The lowest BCUT2D eigenvalue weighted by atomic mass is 10.1. The number of halogens is 2. The molecule has 2 aromatic rings. The van der Waals surface area contributed by atoms with E-state index in [-0.39, 0.29) is 5.56 Å². The van der Waals surface area contributed by atoms with E-state index in [1.54, 1.807) is 38.4 Å². The van der Waals surface area contributed by atoms with Crippen molar-refractivity contribution in [2.45, 2.75) is 18.9 Å². The number of benzene rings is 2. The molecular formula is C25H30BrFN4O3. The van der Waals surface area contributed by atoms with Crippen molar-refractivity contribution in [3.8, 4) is 5.75 Å². The summed E-state index contributed by atoms with van der Waals surface area (Å²) < 4.78 is 25.7. The second-order valence-corrected chi connectivity index (χ2v) is 8.74. The van der Waals surface area contributed by atoms with Crippen LogP contribution in [0, 0.1) is 5.82 Å². The molecule has 0 bridgehead atoms. The van der Waals surface area contributed by atoms with Crippen molar-refractivity contribution >= 4 is 33.2 Å². The van der Waals surface area contributed by atoms with E-state index in [0.717, 1.165) is 32.5 Å². The Hall–Kier alpha value is -2.75. The van der Waals surface area contributed by atoms with E-state index in [2.05, 4.69) is 31.1 Å². The number of nitrogens with two attached hydrogens (primary N) is 1. The molecule has 1 aliphatic heterocycles. The molecule has 1 aliphatic rings. The number of piperidine rings is 1. The van der Waals surface area contributed by atoms with E-state index in [4.69, 9.17) is 15.2 Å². The molecular weight excluding hydrogens is 503 g/mol. The number of ether oxygens (including phenoxy) is 2. The number of aliphatic imine (C=N–C) groups is 1. The Balaban J connectivity index is 1.75. The Bertz CT molecular complexity index is 1050. The number of allylic oxidation sites excluding steroid dienone is 1. The molecule has 1 saturated heterocycles. The summed E-state index contributed by atoms with van der Waals surface area (Å²) in [5, 5.41) is 2.80. The first-order chi connectivity index (χ1) is 16.4. The average molecular weight is 533 g/mol. The monoisotopic (exact) mass is 532 g/mol. The fraction of sp³-hybridized carbons (Fsp3) is 0.360. The number of anilines is 1. The second-order valence-electron chi connectivity index (χ2n) is 7.89. The first kappa shape index (κ1) is 25.9. The molecule has 1 amide bonds. The first-order valence-electron chi connectivity index (χ1n) is 11.1. The summed E-state index contributed by atoms with van der Waals surface area (Å²) in [7, 11) is 3.41. The van der Waals surface area contributed by atoms with Crippen molar-refractivity contribution in [1.82, 2.24) is 4.90 Å². The molecule has 0 spiro atoms. The quantitative estimate of drug-likeness (QED) is 0.473. The summed E-state index contributed by atoms with van der Waals surface area (Å²) in [6, 6.07) is 10.8. The van der Waals surface area contributed by atoms with Crippen LogP contribution in [0.5, 0.6) is 5.75 Å². The van der Waals surface area contributed by atoms with E-state index in [1.165, 1.54) is 24.4 Å². The number of nitrogens with one attached hydrogen (secondary N) is 1. The number of rotatable bonds is 9. The third-order valence-electron chi connectivity index (χ3n) is 5.71. The van der Waals surface area contributed by atoms with E-state index in [9.17, 15) is 9.18 Å². The van der Waals surface area contributed by atoms with Crippen LogP contribution in [0.4, 0.5) is 10.1 Å². The molecule has 0 saturated carbocycles. The van der Waals surface area contributed by atoms with Gasteiger partial charge in [0.1, 0.15) is 18.2 Å². The molecule has 3 rings (SSSR count). The van der Waals surface area contributed by atoms with Crippen LogP contribution in [0.15, 0.2) is 58.1 Å². The topological polar surface area (TPSA) is 89.2 Å². The van der Waals surface area contributed by atoms with Gasteiger partial charge in [-0.15, -0.1) is 0 Å². The van der Waals surface area contributed by atoms with Gasteiger partial charge in [0.25, 0.3) is 5.91 Å². The van der Waals surface area contributed by atoms with E-state index in [0.29, 0.717) is 39.9 Å². The van der Waals surface area contributed by atoms with Gasteiger partial charge in [0, 0.05) is 56.8 Å². The van der Waals surface area contributed by atoms with Crippen LogP contribution in [-0.4, -0.2) is 63.0 Å². The van der Waals surface area contributed by atoms with Crippen molar-refractivity contribution < 1.29 is 18.7 Å². The predicted octanol–water partition coefficient (Wildman–Crippen LogP) is 4.18. The Morgan fingerprint density at radius 1 is 1.29 bits per heavy atom. The van der Waals surface area contributed by atoms with Crippen LogP contribution >= 0.6 is 15.9 Å². The normalized spacial score (nSPS) is 15.9. The fourth-order valence-electron chi connectivity index (χ4n) is 3.84. The lowest BCUT2D eigenvalue weighted by molar-refractivity contribution is 0.0375. The van der Waals surface area contributed by atoms with Gasteiger partial charge in [0.15, 0.2) is 0 Å². The molecule has 0 aliphatic carbocycles. The summed E-state index contributed by atoms with van der Waals surface area (Å²) >= 11 is 3.44. The fourth-order valence-corrected chi connectivity index (χ4v) is 4.23. The van der Waals surface area contributed by atoms with Gasteiger partial charge in [-0.3, -0.25) is 14.7 Å². The second kappa shape index (κ2) is 12.6. The molecule has 9 heteroatoms.